The quantitative estimate of drug-likeness (QED) is 0.898. The number of carbonyl (C=O) groups is 1. The second-order valence-corrected chi connectivity index (χ2v) is 4.74. The van der Waals surface area contributed by atoms with Crippen LogP contribution >= 0.6 is 15.9 Å². The SMILES string of the molecule is CCNc1ccc(C(=O)Nc2c(F)cccc2Br)nn1. The van der Waals surface area contributed by atoms with Crippen molar-refractivity contribution >= 4 is 33.3 Å². The Bertz CT molecular complexity index is 598. The van der Waals surface area contributed by atoms with Crippen molar-refractivity contribution in [1.29, 1.82) is 0 Å². The minimum atomic E-state index is -0.523. The van der Waals surface area contributed by atoms with Crippen molar-refractivity contribution in [3.8, 4) is 0 Å². The third-order valence-corrected chi connectivity index (χ3v) is 3.12. The molecule has 0 saturated carbocycles. The summed E-state index contributed by atoms with van der Waals surface area (Å²) >= 11 is 3.18. The lowest BCUT2D eigenvalue weighted by atomic mass is 10.3. The topological polar surface area (TPSA) is 66.9 Å². The van der Waals surface area contributed by atoms with Crippen molar-refractivity contribution < 1.29 is 9.18 Å². The summed E-state index contributed by atoms with van der Waals surface area (Å²) in [6.07, 6.45) is 0. The first-order valence-electron chi connectivity index (χ1n) is 5.94. The zero-order chi connectivity index (χ0) is 14.5. The van der Waals surface area contributed by atoms with Gasteiger partial charge in [-0.2, -0.15) is 0 Å². The minimum Gasteiger partial charge on any atom is -0.369 e. The minimum absolute atomic E-state index is 0.0788. The molecular weight excluding hydrogens is 327 g/mol. The van der Waals surface area contributed by atoms with Gasteiger partial charge in [0.05, 0.1) is 5.69 Å². The first-order valence-corrected chi connectivity index (χ1v) is 6.74. The van der Waals surface area contributed by atoms with Gasteiger partial charge in [0.15, 0.2) is 5.69 Å². The second-order valence-electron chi connectivity index (χ2n) is 3.88. The van der Waals surface area contributed by atoms with Crippen molar-refractivity contribution in [2.24, 2.45) is 0 Å². The van der Waals surface area contributed by atoms with Gasteiger partial charge in [0.25, 0.3) is 5.91 Å². The molecule has 0 aliphatic rings. The Balaban J connectivity index is 2.16. The molecule has 2 N–H and O–H groups in total. The standard InChI is InChI=1S/C13H12BrFN4O/c1-2-16-11-7-6-10(18-19-11)13(20)17-12-8(14)4-3-5-9(12)15/h3-7H,2H2,1H3,(H,16,19)(H,17,20). The van der Waals surface area contributed by atoms with Gasteiger partial charge in [-0.05, 0) is 47.1 Å². The van der Waals surface area contributed by atoms with E-state index < -0.39 is 11.7 Å². The summed E-state index contributed by atoms with van der Waals surface area (Å²) in [5, 5.41) is 13.1. The molecule has 0 fully saturated rings. The first kappa shape index (κ1) is 14.4. The predicted octanol–water partition coefficient (Wildman–Crippen LogP) is 3.06. The molecule has 0 spiro atoms. The summed E-state index contributed by atoms with van der Waals surface area (Å²) in [4.78, 5) is 12.0. The van der Waals surface area contributed by atoms with Gasteiger partial charge in [-0.25, -0.2) is 4.39 Å². The maximum Gasteiger partial charge on any atom is 0.276 e. The van der Waals surface area contributed by atoms with E-state index in [-0.39, 0.29) is 11.4 Å². The average molecular weight is 339 g/mol. The molecule has 0 aliphatic heterocycles. The van der Waals surface area contributed by atoms with Crippen molar-refractivity contribution in [1.82, 2.24) is 10.2 Å². The summed E-state index contributed by atoms with van der Waals surface area (Å²) in [5.74, 6) is -0.465. The lowest BCUT2D eigenvalue weighted by Crippen LogP contribution is -2.16. The Hall–Kier alpha value is -2.02. The average Bonchev–Trinajstić information content (AvgIpc) is 2.44. The van der Waals surface area contributed by atoms with Crippen LogP contribution in [-0.4, -0.2) is 22.6 Å². The zero-order valence-electron chi connectivity index (χ0n) is 10.7. The summed E-state index contributed by atoms with van der Waals surface area (Å²) in [6.45, 7) is 2.64. The van der Waals surface area contributed by atoms with Crippen LogP contribution in [0.15, 0.2) is 34.8 Å². The highest BCUT2D eigenvalue weighted by atomic mass is 79.9. The fourth-order valence-corrected chi connectivity index (χ4v) is 1.96. The van der Waals surface area contributed by atoms with E-state index >= 15 is 0 Å². The van der Waals surface area contributed by atoms with E-state index in [0.717, 1.165) is 0 Å². The van der Waals surface area contributed by atoms with Gasteiger partial charge in [0.2, 0.25) is 0 Å². The Morgan fingerprint density at radius 1 is 1.30 bits per heavy atom. The van der Waals surface area contributed by atoms with Crippen molar-refractivity contribution in [2.45, 2.75) is 6.92 Å². The van der Waals surface area contributed by atoms with Crippen LogP contribution in [0.2, 0.25) is 0 Å². The molecule has 2 aromatic rings. The van der Waals surface area contributed by atoms with Crippen LogP contribution in [0.5, 0.6) is 0 Å². The van der Waals surface area contributed by atoms with E-state index in [1.165, 1.54) is 12.1 Å². The van der Waals surface area contributed by atoms with E-state index in [4.69, 9.17) is 0 Å². The van der Waals surface area contributed by atoms with Crippen LogP contribution in [0.4, 0.5) is 15.9 Å². The van der Waals surface area contributed by atoms with Crippen LogP contribution in [0.1, 0.15) is 17.4 Å². The fraction of sp³-hybridized carbons (Fsp3) is 0.154. The Labute approximate surface area is 123 Å². The van der Waals surface area contributed by atoms with Gasteiger partial charge in [-0.3, -0.25) is 4.79 Å². The Morgan fingerprint density at radius 3 is 2.70 bits per heavy atom. The molecular formula is C13H12BrFN4O. The molecule has 2 rings (SSSR count). The number of carbonyl (C=O) groups excluding carboxylic acids is 1. The van der Waals surface area contributed by atoms with Gasteiger partial charge in [0, 0.05) is 11.0 Å². The van der Waals surface area contributed by atoms with Crippen molar-refractivity contribution in [2.75, 3.05) is 17.2 Å². The number of nitrogens with zero attached hydrogens (tertiary/aromatic N) is 2. The highest BCUT2D eigenvalue weighted by Gasteiger charge is 2.13. The van der Waals surface area contributed by atoms with Gasteiger partial charge >= 0.3 is 0 Å². The van der Waals surface area contributed by atoms with Gasteiger partial charge in [-0.1, -0.05) is 6.07 Å². The third kappa shape index (κ3) is 3.30. The summed E-state index contributed by atoms with van der Waals surface area (Å²) in [7, 11) is 0. The normalized spacial score (nSPS) is 10.2. The summed E-state index contributed by atoms with van der Waals surface area (Å²) < 4.78 is 14.1. The van der Waals surface area contributed by atoms with Crippen molar-refractivity contribution in [3.63, 3.8) is 0 Å². The number of nitrogens with one attached hydrogen (secondary N) is 2. The van der Waals surface area contributed by atoms with Crippen LogP contribution < -0.4 is 10.6 Å². The smallest absolute Gasteiger partial charge is 0.276 e. The summed E-state index contributed by atoms with van der Waals surface area (Å²) in [5.41, 5.74) is 0.192. The van der Waals surface area contributed by atoms with E-state index in [1.807, 2.05) is 6.92 Å². The molecule has 1 aromatic carbocycles. The molecule has 1 aromatic heterocycles. The lowest BCUT2D eigenvalue weighted by Gasteiger charge is -2.08. The molecule has 104 valence electrons. The number of hydrogen-bond acceptors (Lipinski definition) is 4. The number of halogens is 2. The van der Waals surface area contributed by atoms with Gasteiger partial charge < -0.3 is 10.6 Å². The number of hydrogen-bond donors (Lipinski definition) is 2. The van der Waals surface area contributed by atoms with E-state index in [2.05, 4.69) is 36.8 Å². The molecule has 0 aliphatic carbocycles. The highest BCUT2D eigenvalue weighted by Crippen LogP contribution is 2.25. The number of benzene rings is 1. The number of amides is 1. The molecule has 0 bridgehead atoms. The monoisotopic (exact) mass is 338 g/mol. The Morgan fingerprint density at radius 2 is 2.10 bits per heavy atom. The lowest BCUT2D eigenvalue weighted by molar-refractivity contribution is 0.102. The van der Waals surface area contributed by atoms with Crippen LogP contribution in [0.3, 0.4) is 0 Å². The largest absolute Gasteiger partial charge is 0.369 e. The summed E-state index contributed by atoms with van der Waals surface area (Å²) in [6, 6.07) is 7.61. The molecule has 5 nitrogen and oxygen atoms in total. The molecule has 0 radical (unpaired) electrons. The maximum absolute atomic E-state index is 13.6. The second kappa shape index (κ2) is 6.42. The molecule has 0 atom stereocenters. The maximum atomic E-state index is 13.6. The molecule has 0 unspecified atom stereocenters. The zero-order valence-corrected chi connectivity index (χ0v) is 12.2. The number of anilines is 2. The third-order valence-electron chi connectivity index (χ3n) is 2.46. The first-order chi connectivity index (χ1) is 9.61. The molecule has 1 heterocycles. The van der Waals surface area contributed by atoms with Gasteiger partial charge in [0.1, 0.15) is 11.6 Å². The number of para-hydroxylation sites is 1. The van der Waals surface area contributed by atoms with E-state index in [0.29, 0.717) is 16.8 Å². The van der Waals surface area contributed by atoms with E-state index in [9.17, 15) is 9.18 Å². The van der Waals surface area contributed by atoms with E-state index in [1.54, 1.807) is 18.2 Å². The molecule has 7 heteroatoms. The molecule has 0 saturated heterocycles. The molecule has 20 heavy (non-hydrogen) atoms. The molecule has 1 amide bonds. The highest BCUT2D eigenvalue weighted by molar-refractivity contribution is 9.10. The van der Waals surface area contributed by atoms with Crippen LogP contribution in [0.25, 0.3) is 0 Å². The van der Waals surface area contributed by atoms with Crippen molar-refractivity contribution in [3.05, 3.63) is 46.3 Å². The van der Waals surface area contributed by atoms with Crippen LogP contribution in [-0.2, 0) is 0 Å². The fourth-order valence-electron chi connectivity index (χ4n) is 1.52. The van der Waals surface area contributed by atoms with Gasteiger partial charge in [-0.15, -0.1) is 10.2 Å². The number of rotatable bonds is 4. The Kier molecular flexibility index (Phi) is 4.62. The number of aromatic nitrogens is 2. The predicted molar refractivity (Wildman–Crippen MR) is 78.2 cm³/mol. The van der Waals surface area contributed by atoms with Crippen LogP contribution in [0, 0.1) is 5.82 Å².